The maximum Gasteiger partial charge on any atom is 0.254 e. The van der Waals surface area contributed by atoms with E-state index in [1.807, 2.05) is 0 Å². The number of piperidine rings is 1. The Balaban J connectivity index is 1.77. The number of rotatable bonds is 3. The van der Waals surface area contributed by atoms with Crippen LogP contribution < -0.4 is 4.74 Å². The molecule has 0 saturated carbocycles. The number of carbonyl (C=O) groups is 1. The fourth-order valence-electron chi connectivity index (χ4n) is 2.87. The van der Waals surface area contributed by atoms with Crippen molar-refractivity contribution in [3.8, 4) is 5.75 Å². The molecule has 132 valence electrons. The summed E-state index contributed by atoms with van der Waals surface area (Å²) < 4.78 is 5.94. The van der Waals surface area contributed by atoms with Crippen molar-refractivity contribution >= 4 is 29.1 Å². The fraction of sp³-hybridized carbons (Fsp3) is 0.316. The van der Waals surface area contributed by atoms with Gasteiger partial charge in [-0.2, -0.15) is 0 Å². The Morgan fingerprint density at radius 1 is 1.20 bits per heavy atom. The van der Waals surface area contributed by atoms with E-state index in [0.29, 0.717) is 34.3 Å². The highest BCUT2D eigenvalue weighted by Gasteiger charge is 2.41. The highest BCUT2D eigenvalue weighted by atomic mass is 35.5. The fourth-order valence-corrected chi connectivity index (χ4v) is 3.24. The molecule has 1 N–H and O–H groups in total. The van der Waals surface area contributed by atoms with E-state index in [9.17, 15) is 9.90 Å². The van der Waals surface area contributed by atoms with Gasteiger partial charge in [0.15, 0.2) is 0 Å². The van der Waals surface area contributed by atoms with E-state index in [2.05, 4.69) is 0 Å². The third-order valence-corrected chi connectivity index (χ3v) is 4.87. The van der Waals surface area contributed by atoms with Gasteiger partial charge in [0.1, 0.15) is 17.5 Å². The number of carbonyl (C=O) groups excluding carboxylic acids is 1. The largest absolute Gasteiger partial charge is 0.486 e. The Hall–Kier alpha value is -1.75. The summed E-state index contributed by atoms with van der Waals surface area (Å²) in [5.74, 6) is 0.438. The molecule has 2 aromatic carbocycles. The van der Waals surface area contributed by atoms with Crippen molar-refractivity contribution < 1.29 is 14.6 Å². The van der Waals surface area contributed by atoms with Crippen molar-refractivity contribution in [3.05, 3.63) is 64.1 Å². The molecule has 1 heterocycles. The zero-order chi connectivity index (χ0) is 18.0. The van der Waals surface area contributed by atoms with Gasteiger partial charge in [-0.1, -0.05) is 35.3 Å². The first-order chi connectivity index (χ1) is 11.8. The first kappa shape index (κ1) is 18.1. The molecule has 1 aliphatic heterocycles. The SMILES string of the molecule is C[C@]1(O)CCN(C(=O)c2cccc(Cl)c2)C[C@@H]1Oc1cccc(Cl)c1. The molecule has 2 aromatic rings. The van der Waals surface area contributed by atoms with Crippen molar-refractivity contribution in [1.82, 2.24) is 4.90 Å². The Morgan fingerprint density at radius 2 is 1.88 bits per heavy atom. The van der Waals surface area contributed by atoms with E-state index in [1.54, 1.807) is 60.4 Å². The molecule has 1 aliphatic rings. The summed E-state index contributed by atoms with van der Waals surface area (Å²) in [6.07, 6.45) is -0.132. The van der Waals surface area contributed by atoms with Crippen LogP contribution in [0.3, 0.4) is 0 Å². The highest BCUT2D eigenvalue weighted by Crippen LogP contribution is 2.28. The maximum atomic E-state index is 12.7. The van der Waals surface area contributed by atoms with E-state index in [-0.39, 0.29) is 12.5 Å². The van der Waals surface area contributed by atoms with Crippen LogP contribution in [0.2, 0.25) is 10.0 Å². The summed E-state index contributed by atoms with van der Waals surface area (Å²) in [7, 11) is 0. The average molecular weight is 380 g/mol. The molecule has 0 aliphatic carbocycles. The van der Waals surface area contributed by atoms with Crippen molar-refractivity contribution in [3.63, 3.8) is 0 Å². The van der Waals surface area contributed by atoms with Crippen molar-refractivity contribution in [2.45, 2.75) is 25.0 Å². The molecule has 0 radical (unpaired) electrons. The minimum absolute atomic E-state index is 0.127. The molecular formula is C19H19Cl2NO3. The maximum absolute atomic E-state index is 12.7. The molecule has 6 heteroatoms. The van der Waals surface area contributed by atoms with Crippen molar-refractivity contribution in [2.75, 3.05) is 13.1 Å². The zero-order valence-electron chi connectivity index (χ0n) is 13.8. The molecule has 0 bridgehead atoms. The second-order valence-corrected chi connectivity index (χ2v) is 7.31. The van der Waals surface area contributed by atoms with E-state index in [4.69, 9.17) is 27.9 Å². The van der Waals surface area contributed by atoms with Crippen LogP contribution in [0.5, 0.6) is 5.75 Å². The quantitative estimate of drug-likeness (QED) is 0.875. The number of hydrogen-bond acceptors (Lipinski definition) is 3. The summed E-state index contributed by atoms with van der Waals surface area (Å²) >= 11 is 12.0. The summed E-state index contributed by atoms with van der Waals surface area (Å²) in [5.41, 5.74) is -0.511. The molecule has 0 unspecified atom stereocenters. The minimum Gasteiger partial charge on any atom is -0.486 e. The second-order valence-electron chi connectivity index (χ2n) is 6.43. The molecule has 25 heavy (non-hydrogen) atoms. The third kappa shape index (κ3) is 4.27. The van der Waals surface area contributed by atoms with Crippen molar-refractivity contribution in [2.24, 2.45) is 0 Å². The number of halogens is 2. The zero-order valence-corrected chi connectivity index (χ0v) is 15.3. The number of hydrogen-bond donors (Lipinski definition) is 1. The first-order valence-electron chi connectivity index (χ1n) is 8.04. The van der Waals surface area contributed by atoms with Gasteiger partial charge in [-0.05, 0) is 49.7 Å². The third-order valence-electron chi connectivity index (χ3n) is 4.40. The van der Waals surface area contributed by atoms with E-state index in [0.717, 1.165) is 0 Å². The van der Waals surface area contributed by atoms with Crippen LogP contribution in [-0.4, -0.2) is 40.7 Å². The minimum atomic E-state index is -1.03. The lowest BCUT2D eigenvalue weighted by Crippen LogP contribution is -2.57. The summed E-state index contributed by atoms with van der Waals surface area (Å²) in [6, 6.07) is 13.8. The molecule has 4 nitrogen and oxygen atoms in total. The number of likely N-dealkylation sites (tertiary alicyclic amines) is 1. The van der Waals surface area contributed by atoms with Gasteiger partial charge in [-0.3, -0.25) is 4.79 Å². The van der Waals surface area contributed by atoms with E-state index < -0.39 is 11.7 Å². The van der Waals surface area contributed by atoms with E-state index >= 15 is 0 Å². The Kier molecular flexibility index (Phi) is 5.23. The lowest BCUT2D eigenvalue weighted by Gasteiger charge is -2.42. The van der Waals surface area contributed by atoms with Gasteiger partial charge in [-0.15, -0.1) is 0 Å². The van der Waals surface area contributed by atoms with E-state index in [1.165, 1.54) is 0 Å². The lowest BCUT2D eigenvalue weighted by atomic mass is 9.90. The topological polar surface area (TPSA) is 49.8 Å². The number of ether oxygens (including phenoxy) is 1. The predicted octanol–water partition coefficient (Wildman–Crippen LogP) is 4.04. The smallest absolute Gasteiger partial charge is 0.254 e. The Labute approximate surface area is 156 Å². The Bertz CT molecular complexity index is 779. The van der Waals surface area contributed by atoms with Gasteiger partial charge in [-0.25, -0.2) is 0 Å². The van der Waals surface area contributed by atoms with Crippen LogP contribution in [0, 0.1) is 0 Å². The standard InChI is InChI=1S/C19H19Cl2NO3/c1-19(24)8-9-22(18(23)13-4-2-5-14(20)10-13)12-17(19)25-16-7-3-6-15(21)11-16/h2-7,10-11,17,24H,8-9,12H2,1H3/t17-,19-/m0/s1. The molecule has 1 amide bonds. The monoisotopic (exact) mass is 379 g/mol. The van der Waals surface area contributed by atoms with Gasteiger partial charge < -0.3 is 14.7 Å². The first-order valence-corrected chi connectivity index (χ1v) is 8.80. The average Bonchev–Trinajstić information content (AvgIpc) is 2.56. The van der Waals surface area contributed by atoms with Crippen LogP contribution in [0.4, 0.5) is 0 Å². The molecule has 0 spiro atoms. The van der Waals surface area contributed by atoms with Crippen molar-refractivity contribution in [1.29, 1.82) is 0 Å². The van der Waals surface area contributed by atoms with Gasteiger partial charge >= 0.3 is 0 Å². The van der Waals surface area contributed by atoms with Gasteiger partial charge in [0.2, 0.25) is 0 Å². The van der Waals surface area contributed by atoms with Crippen LogP contribution in [0.15, 0.2) is 48.5 Å². The molecule has 3 rings (SSSR count). The molecule has 0 aromatic heterocycles. The molecular weight excluding hydrogens is 361 g/mol. The lowest BCUT2D eigenvalue weighted by molar-refractivity contribution is -0.0881. The summed E-state index contributed by atoms with van der Waals surface area (Å²) in [4.78, 5) is 14.4. The van der Waals surface area contributed by atoms with Gasteiger partial charge in [0.25, 0.3) is 5.91 Å². The van der Waals surface area contributed by atoms with Crippen LogP contribution in [0.25, 0.3) is 0 Å². The molecule has 1 fully saturated rings. The Morgan fingerprint density at radius 3 is 2.56 bits per heavy atom. The predicted molar refractivity (Wildman–Crippen MR) is 98.5 cm³/mol. The van der Waals surface area contributed by atoms with Crippen LogP contribution in [0.1, 0.15) is 23.7 Å². The number of aliphatic hydroxyl groups is 1. The normalized spacial score (nSPS) is 23.4. The second kappa shape index (κ2) is 7.24. The van der Waals surface area contributed by atoms with Crippen LogP contribution in [-0.2, 0) is 0 Å². The molecule has 2 atom stereocenters. The highest BCUT2D eigenvalue weighted by molar-refractivity contribution is 6.31. The van der Waals surface area contributed by atoms with Crippen LogP contribution >= 0.6 is 23.2 Å². The van der Waals surface area contributed by atoms with Gasteiger partial charge in [0.05, 0.1) is 6.54 Å². The number of nitrogens with zero attached hydrogens (tertiary/aromatic N) is 1. The number of amides is 1. The number of benzene rings is 2. The summed E-state index contributed by atoms with van der Waals surface area (Å²) in [5, 5.41) is 11.7. The van der Waals surface area contributed by atoms with Gasteiger partial charge in [0, 0.05) is 22.2 Å². The molecule has 1 saturated heterocycles. The summed E-state index contributed by atoms with van der Waals surface area (Å²) in [6.45, 7) is 2.46.